The molecule has 0 radical (unpaired) electrons. The third-order valence-corrected chi connectivity index (χ3v) is 6.21. The van der Waals surface area contributed by atoms with Crippen LogP contribution in [0.2, 0.25) is 0 Å². The summed E-state index contributed by atoms with van der Waals surface area (Å²) in [5.41, 5.74) is 2.70. The molecule has 0 saturated heterocycles. The van der Waals surface area contributed by atoms with Crippen LogP contribution in [0.3, 0.4) is 0 Å². The minimum atomic E-state index is -0.291. The van der Waals surface area contributed by atoms with E-state index >= 15 is 0 Å². The lowest BCUT2D eigenvalue weighted by atomic mass is 10.1. The average molecular weight is 545 g/mol. The lowest BCUT2D eigenvalue weighted by Crippen LogP contribution is -2.26. The number of nitrogens with one attached hydrogen (secondary N) is 3. The molecular weight excluding hydrogens is 520 g/mol. The Morgan fingerprint density at radius 1 is 0.778 bits per heavy atom. The molecule has 0 unspecified atom stereocenters. The normalized spacial score (nSPS) is 10.6. The van der Waals surface area contributed by atoms with E-state index in [4.69, 9.17) is 0 Å². The van der Waals surface area contributed by atoms with Gasteiger partial charge in [-0.05, 0) is 63.6 Å². The highest BCUT2D eigenvalue weighted by molar-refractivity contribution is 9.10. The fraction of sp³-hybridized carbons (Fsp3) is 0.143. The van der Waals surface area contributed by atoms with Crippen LogP contribution >= 0.6 is 15.9 Å². The number of benzene rings is 3. The van der Waals surface area contributed by atoms with Crippen LogP contribution in [0.15, 0.2) is 89.5 Å². The SMILES string of the molecule is O=C(CCC(=O)Nc1cccc2ccccc12)NCCc1ccc(NC(=O)c2ccccn2)c(Br)c1. The molecule has 3 amide bonds. The van der Waals surface area contributed by atoms with Crippen LogP contribution in [0.5, 0.6) is 0 Å². The Kier molecular flexibility index (Phi) is 8.41. The van der Waals surface area contributed by atoms with Gasteiger partial charge in [0, 0.05) is 41.1 Å². The topological polar surface area (TPSA) is 100 Å². The van der Waals surface area contributed by atoms with Crippen molar-refractivity contribution in [1.29, 1.82) is 0 Å². The Labute approximate surface area is 217 Å². The molecule has 3 aromatic carbocycles. The van der Waals surface area contributed by atoms with Gasteiger partial charge in [-0.25, -0.2) is 0 Å². The number of anilines is 2. The number of pyridine rings is 1. The van der Waals surface area contributed by atoms with E-state index in [1.54, 1.807) is 30.5 Å². The molecule has 0 aliphatic heterocycles. The number of fused-ring (bicyclic) bond motifs is 1. The predicted octanol–water partition coefficient (Wildman–Crippen LogP) is 5.33. The zero-order chi connectivity index (χ0) is 25.3. The van der Waals surface area contributed by atoms with E-state index in [0.717, 1.165) is 26.5 Å². The summed E-state index contributed by atoms with van der Waals surface area (Å²) in [6, 6.07) is 24.3. The van der Waals surface area contributed by atoms with E-state index in [2.05, 4.69) is 36.9 Å². The van der Waals surface area contributed by atoms with Gasteiger partial charge in [0.25, 0.3) is 5.91 Å². The van der Waals surface area contributed by atoms with Crippen molar-refractivity contribution in [2.24, 2.45) is 0 Å². The molecular formula is C28H25BrN4O3. The highest BCUT2D eigenvalue weighted by atomic mass is 79.9. The monoisotopic (exact) mass is 544 g/mol. The van der Waals surface area contributed by atoms with Crippen LogP contribution in [-0.2, 0) is 16.0 Å². The van der Waals surface area contributed by atoms with Crippen LogP contribution in [0.25, 0.3) is 10.8 Å². The molecule has 4 aromatic rings. The van der Waals surface area contributed by atoms with Crippen LogP contribution in [0, 0.1) is 0 Å². The number of aromatic nitrogens is 1. The second kappa shape index (κ2) is 12.1. The molecule has 3 N–H and O–H groups in total. The fourth-order valence-electron chi connectivity index (χ4n) is 3.71. The van der Waals surface area contributed by atoms with E-state index in [1.807, 2.05) is 54.6 Å². The molecule has 1 aromatic heterocycles. The van der Waals surface area contributed by atoms with E-state index < -0.39 is 0 Å². The lowest BCUT2D eigenvalue weighted by Gasteiger charge is -2.10. The van der Waals surface area contributed by atoms with Gasteiger partial charge in [0.15, 0.2) is 0 Å². The molecule has 36 heavy (non-hydrogen) atoms. The number of amides is 3. The van der Waals surface area contributed by atoms with Crippen LogP contribution < -0.4 is 16.0 Å². The van der Waals surface area contributed by atoms with Crippen molar-refractivity contribution in [3.8, 4) is 0 Å². The number of carbonyl (C=O) groups excluding carboxylic acids is 3. The van der Waals surface area contributed by atoms with Crippen LogP contribution in [0.4, 0.5) is 11.4 Å². The standard InChI is InChI=1S/C28H25BrN4O3/c29-22-18-19(11-12-24(22)33-28(36)25-9-3-4-16-30-25)15-17-31-26(34)13-14-27(35)32-23-10-5-7-20-6-1-2-8-21(20)23/h1-12,16,18H,13-15,17H2,(H,31,34)(H,32,35)(H,33,36). The lowest BCUT2D eigenvalue weighted by molar-refractivity contribution is -0.124. The van der Waals surface area contributed by atoms with Crippen molar-refractivity contribution >= 4 is 55.8 Å². The molecule has 7 nitrogen and oxygen atoms in total. The zero-order valence-electron chi connectivity index (χ0n) is 19.5. The van der Waals surface area contributed by atoms with E-state index in [-0.39, 0.29) is 30.6 Å². The molecule has 0 atom stereocenters. The number of hydrogen-bond acceptors (Lipinski definition) is 4. The van der Waals surface area contributed by atoms with Gasteiger partial charge in [0.05, 0.1) is 5.69 Å². The first kappa shape index (κ1) is 25.1. The smallest absolute Gasteiger partial charge is 0.274 e. The molecule has 0 aliphatic rings. The summed E-state index contributed by atoms with van der Waals surface area (Å²) in [5, 5.41) is 10.6. The van der Waals surface area contributed by atoms with E-state index in [9.17, 15) is 14.4 Å². The van der Waals surface area contributed by atoms with Gasteiger partial charge < -0.3 is 16.0 Å². The maximum atomic E-state index is 12.4. The quantitative estimate of drug-likeness (QED) is 0.265. The van der Waals surface area contributed by atoms with Crippen molar-refractivity contribution in [2.75, 3.05) is 17.2 Å². The van der Waals surface area contributed by atoms with Gasteiger partial charge in [0.1, 0.15) is 5.69 Å². The minimum absolute atomic E-state index is 0.102. The van der Waals surface area contributed by atoms with Crippen molar-refractivity contribution in [2.45, 2.75) is 19.3 Å². The maximum Gasteiger partial charge on any atom is 0.274 e. The minimum Gasteiger partial charge on any atom is -0.356 e. The molecule has 0 fully saturated rings. The summed E-state index contributed by atoms with van der Waals surface area (Å²) in [5.74, 6) is -0.670. The number of halogens is 1. The van der Waals surface area contributed by atoms with Crippen molar-refractivity contribution < 1.29 is 14.4 Å². The zero-order valence-corrected chi connectivity index (χ0v) is 21.0. The first-order valence-corrected chi connectivity index (χ1v) is 12.3. The van der Waals surface area contributed by atoms with Gasteiger partial charge in [-0.1, -0.05) is 48.5 Å². The molecule has 0 saturated carbocycles. The van der Waals surface area contributed by atoms with Crippen LogP contribution in [0.1, 0.15) is 28.9 Å². The van der Waals surface area contributed by atoms with Crippen molar-refractivity contribution in [3.63, 3.8) is 0 Å². The molecule has 0 bridgehead atoms. The summed E-state index contributed by atoms with van der Waals surface area (Å²) < 4.78 is 0.737. The Bertz CT molecular complexity index is 1390. The summed E-state index contributed by atoms with van der Waals surface area (Å²) in [7, 11) is 0. The fourth-order valence-corrected chi connectivity index (χ4v) is 4.23. The molecule has 4 rings (SSSR count). The van der Waals surface area contributed by atoms with Crippen molar-refractivity contribution in [1.82, 2.24) is 10.3 Å². The van der Waals surface area contributed by atoms with Gasteiger partial charge >= 0.3 is 0 Å². The van der Waals surface area contributed by atoms with Gasteiger partial charge in [-0.2, -0.15) is 0 Å². The summed E-state index contributed by atoms with van der Waals surface area (Å²) in [6.07, 6.45) is 2.39. The second-order valence-corrected chi connectivity index (χ2v) is 9.01. The van der Waals surface area contributed by atoms with E-state index in [1.165, 1.54) is 0 Å². The second-order valence-electron chi connectivity index (χ2n) is 8.16. The number of carbonyl (C=O) groups is 3. The molecule has 1 heterocycles. The Morgan fingerprint density at radius 2 is 1.56 bits per heavy atom. The number of nitrogens with zero attached hydrogens (tertiary/aromatic N) is 1. The van der Waals surface area contributed by atoms with Gasteiger partial charge in [-0.15, -0.1) is 0 Å². The Morgan fingerprint density at radius 3 is 2.36 bits per heavy atom. The Hall–Kier alpha value is -4.04. The van der Waals surface area contributed by atoms with Crippen LogP contribution in [-0.4, -0.2) is 29.3 Å². The molecule has 0 spiro atoms. The largest absolute Gasteiger partial charge is 0.356 e. The van der Waals surface area contributed by atoms with E-state index in [0.29, 0.717) is 24.3 Å². The summed E-state index contributed by atoms with van der Waals surface area (Å²) in [6.45, 7) is 0.440. The average Bonchev–Trinajstić information content (AvgIpc) is 2.90. The first-order valence-electron chi connectivity index (χ1n) is 11.5. The molecule has 182 valence electrons. The maximum absolute atomic E-state index is 12.4. The summed E-state index contributed by atoms with van der Waals surface area (Å²) >= 11 is 3.49. The van der Waals surface area contributed by atoms with Gasteiger partial charge in [-0.3, -0.25) is 19.4 Å². The predicted molar refractivity (Wildman–Crippen MR) is 145 cm³/mol. The highest BCUT2D eigenvalue weighted by Crippen LogP contribution is 2.25. The summed E-state index contributed by atoms with van der Waals surface area (Å²) in [4.78, 5) is 40.9. The van der Waals surface area contributed by atoms with Crippen molar-refractivity contribution in [3.05, 3.63) is 101 Å². The molecule has 8 heteroatoms. The third kappa shape index (κ3) is 6.76. The highest BCUT2D eigenvalue weighted by Gasteiger charge is 2.11. The van der Waals surface area contributed by atoms with Gasteiger partial charge in [0.2, 0.25) is 11.8 Å². The molecule has 0 aliphatic carbocycles. The Balaban J connectivity index is 1.20. The first-order chi connectivity index (χ1) is 17.5. The third-order valence-electron chi connectivity index (χ3n) is 5.56. The number of hydrogen-bond donors (Lipinski definition) is 3. The number of rotatable bonds is 9.